The van der Waals surface area contributed by atoms with E-state index in [1.165, 1.54) is 11.1 Å². The van der Waals surface area contributed by atoms with Crippen LogP contribution in [0.3, 0.4) is 0 Å². The Bertz CT molecular complexity index is 1340. The molecule has 0 fully saturated rings. The summed E-state index contributed by atoms with van der Waals surface area (Å²) in [5, 5.41) is 5.62. The molecule has 0 atom stereocenters. The van der Waals surface area contributed by atoms with Crippen LogP contribution in [0.15, 0.2) is 84.9 Å². The van der Waals surface area contributed by atoms with Gasteiger partial charge in [-0.2, -0.15) is 0 Å². The van der Waals surface area contributed by atoms with Gasteiger partial charge in [0.2, 0.25) is 0 Å². The predicted octanol–water partition coefficient (Wildman–Crippen LogP) is 6.75. The van der Waals surface area contributed by atoms with Gasteiger partial charge in [0, 0.05) is 11.4 Å². The van der Waals surface area contributed by atoms with Gasteiger partial charge in [0.15, 0.2) is 13.2 Å². The van der Waals surface area contributed by atoms with E-state index in [2.05, 4.69) is 10.6 Å². The second-order valence-electron chi connectivity index (χ2n) is 9.32. The molecule has 7 nitrogen and oxygen atoms in total. The average Bonchev–Trinajstić information content (AvgIpc) is 2.92. The van der Waals surface area contributed by atoms with Gasteiger partial charge in [-0.05, 0) is 123 Å². The standard InChI is InChI=1S/C32H32N2O5/c1-21-5-11-29(17-23(21)3)37-19-31(35)33-25-7-13-27(14-8-25)39-28-15-9-26(10-16-28)34-32(36)20-38-30-12-6-22(2)24(4)18-30/h5-18H,19-20H2,1-4H3,(H,33,35)(H,34,36). The monoisotopic (exact) mass is 524 g/mol. The zero-order valence-electron chi connectivity index (χ0n) is 22.5. The molecule has 0 aromatic heterocycles. The predicted molar refractivity (Wildman–Crippen MR) is 153 cm³/mol. The number of aryl methyl sites for hydroxylation is 4. The summed E-state index contributed by atoms with van der Waals surface area (Å²) in [6, 6.07) is 25.5. The van der Waals surface area contributed by atoms with E-state index in [1.54, 1.807) is 48.5 Å². The highest BCUT2D eigenvalue weighted by Crippen LogP contribution is 2.25. The molecule has 0 radical (unpaired) electrons. The zero-order valence-corrected chi connectivity index (χ0v) is 22.5. The summed E-state index contributed by atoms with van der Waals surface area (Å²) in [6.45, 7) is 7.90. The Labute approximate surface area is 228 Å². The van der Waals surface area contributed by atoms with E-state index < -0.39 is 0 Å². The third kappa shape index (κ3) is 8.10. The summed E-state index contributed by atoms with van der Waals surface area (Å²) < 4.78 is 17.0. The molecule has 4 aromatic rings. The third-order valence-electron chi connectivity index (χ3n) is 6.21. The largest absolute Gasteiger partial charge is 0.484 e. The maximum absolute atomic E-state index is 12.3. The summed E-state index contributed by atoms with van der Waals surface area (Å²) in [6.07, 6.45) is 0. The van der Waals surface area contributed by atoms with Crippen LogP contribution in [0.4, 0.5) is 11.4 Å². The number of carbonyl (C=O) groups is 2. The lowest BCUT2D eigenvalue weighted by atomic mass is 10.1. The van der Waals surface area contributed by atoms with Crippen molar-refractivity contribution in [2.75, 3.05) is 23.8 Å². The Morgan fingerprint density at radius 2 is 0.872 bits per heavy atom. The minimum Gasteiger partial charge on any atom is -0.484 e. The highest BCUT2D eigenvalue weighted by atomic mass is 16.5. The van der Waals surface area contributed by atoms with Crippen LogP contribution in [-0.2, 0) is 9.59 Å². The first-order valence-electron chi connectivity index (χ1n) is 12.6. The smallest absolute Gasteiger partial charge is 0.262 e. The van der Waals surface area contributed by atoms with Crippen molar-refractivity contribution in [1.82, 2.24) is 0 Å². The maximum atomic E-state index is 12.3. The molecule has 39 heavy (non-hydrogen) atoms. The van der Waals surface area contributed by atoms with Crippen LogP contribution < -0.4 is 24.8 Å². The molecule has 200 valence electrons. The molecule has 0 heterocycles. The molecule has 0 spiro atoms. The highest BCUT2D eigenvalue weighted by Gasteiger charge is 2.07. The van der Waals surface area contributed by atoms with Gasteiger partial charge in [0.1, 0.15) is 23.0 Å². The van der Waals surface area contributed by atoms with E-state index >= 15 is 0 Å². The van der Waals surface area contributed by atoms with E-state index in [-0.39, 0.29) is 25.0 Å². The summed E-state index contributed by atoms with van der Waals surface area (Å²) in [5.74, 6) is 2.04. The SMILES string of the molecule is Cc1ccc(OCC(=O)Nc2ccc(Oc3ccc(NC(=O)COc4ccc(C)c(C)c4)cc3)cc2)cc1C. The summed E-state index contributed by atoms with van der Waals surface area (Å²) in [7, 11) is 0. The Balaban J connectivity index is 1.21. The van der Waals surface area contributed by atoms with E-state index in [0.29, 0.717) is 34.4 Å². The van der Waals surface area contributed by atoms with Crippen molar-refractivity contribution in [1.29, 1.82) is 0 Å². The molecule has 4 aromatic carbocycles. The van der Waals surface area contributed by atoms with E-state index in [1.807, 2.05) is 64.1 Å². The Morgan fingerprint density at radius 1 is 0.513 bits per heavy atom. The van der Waals surface area contributed by atoms with Gasteiger partial charge in [0.05, 0.1) is 0 Å². The number of carbonyl (C=O) groups excluding carboxylic acids is 2. The van der Waals surface area contributed by atoms with Crippen molar-refractivity contribution >= 4 is 23.2 Å². The van der Waals surface area contributed by atoms with Crippen molar-refractivity contribution in [3.05, 3.63) is 107 Å². The fraction of sp³-hybridized carbons (Fsp3) is 0.188. The second-order valence-corrected chi connectivity index (χ2v) is 9.32. The van der Waals surface area contributed by atoms with Crippen molar-refractivity contribution in [2.45, 2.75) is 27.7 Å². The highest BCUT2D eigenvalue weighted by molar-refractivity contribution is 5.92. The van der Waals surface area contributed by atoms with Crippen LogP contribution in [0.25, 0.3) is 0 Å². The number of nitrogens with one attached hydrogen (secondary N) is 2. The van der Waals surface area contributed by atoms with Gasteiger partial charge in [-0.3, -0.25) is 9.59 Å². The molecule has 2 amide bonds. The number of ether oxygens (including phenoxy) is 3. The van der Waals surface area contributed by atoms with Gasteiger partial charge in [-0.25, -0.2) is 0 Å². The molecular formula is C32H32N2O5. The van der Waals surface area contributed by atoms with Crippen LogP contribution in [0.2, 0.25) is 0 Å². The van der Waals surface area contributed by atoms with Crippen molar-refractivity contribution in [3.8, 4) is 23.0 Å². The lowest BCUT2D eigenvalue weighted by molar-refractivity contribution is -0.118. The van der Waals surface area contributed by atoms with Gasteiger partial charge < -0.3 is 24.8 Å². The Morgan fingerprint density at radius 3 is 1.23 bits per heavy atom. The second kappa shape index (κ2) is 12.6. The topological polar surface area (TPSA) is 85.9 Å². The van der Waals surface area contributed by atoms with Crippen LogP contribution in [0, 0.1) is 27.7 Å². The van der Waals surface area contributed by atoms with Gasteiger partial charge in [0.25, 0.3) is 11.8 Å². The number of rotatable bonds is 10. The summed E-state index contributed by atoms with van der Waals surface area (Å²) >= 11 is 0. The molecule has 2 N–H and O–H groups in total. The molecule has 0 unspecified atom stereocenters. The number of hydrogen-bond acceptors (Lipinski definition) is 5. The van der Waals surface area contributed by atoms with Crippen LogP contribution in [-0.4, -0.2) is 25.0 Å². The van der Waals surface area contributed by atoms with Crippen LogP contribution in [0.5, 0.6) is 23.0 Å². The Hall–Kier alpha value is -4.78. The van der Waals surface area contributed by atoms with E-state index in [0.717, 1.165) is 11.1 Å². The molecule has 0 saturated heterocycles. The minimum absolute atomic E-state index is 0.0820. The normalized spacial score (nSPS) is 10.5. The maximum Gasteiger partial charge on any atom is 0.262 e. The molecule has 0 bridgehead atoms. The first-order chi connectivity index (χ1) is 18.7. The average molecular weight is 525 g/mol. The molecule has 0 aliphatic carbocycles. The van der Waals surface area contributed by atoms with Crippen molar-refractivity contribution < 1.29 is 23.8 Å². The number of hydrogen-bond donors (Lipinski definition) is 2. The van der Waals surface area contributed by atoms with Crippen LogP contribution >= 0.6 is 0 Å². The molecular weight excluding hydrogens is 492 g/mol. The summed E-state index contributed by atoms with van der Waals surface area (Å²) in [5.41, 5.74) is 5.84. The summed E-state index contributed by atoms with van der Waals surface area (Å²) in [4.78, 5) is 24.5. The number of amides is 2. The Kier molecular flexibility index (Phi) is 8.84. The minimum atomic E-state index is -0.251. The van der Waals surface area contributed by atoms with Gasteiger partial charge in [-0.15, -0.1) is 0 Å². The lowest BCUT2D eigenvalue weighted by Crippen LogP contribution is -2.20. The number of anilines is 2. The third-order valence-corrected chi connectivity index (χ3v) is 6.21. The number of benzene rings is 4. The van der Waals surface area contributed by atoms with Crippen LogP contribution in [0.1, 0.15) is 22.3 Å². The van der Waals surface area contributed by atoms with E-state index in [4.69, 9.17) is 14.2 Å². The molecule has 7 heteroatoms. The molecule has 4 rings (SSSR count). The fourth-order valence-electron chi connectivity index (χ4n) is 3.65. The quantitative estimate of drug-likeness (QED) is 0.240. The van der Waals surface area contributed by atoms with E-state index in [9.17, 15) is 9.59 Å². The van der Waals surface area contributed by atoms with Gasteiger partial charge >= 0.3 is 0 Å². The molecule has 0 saturated carbocycles. The fourth-order valence-corrected chi connectivity index (χ4v) is 3.65. The van der Waals surface area contributed by atoms with Crippen molar-refractivity contribution in [2.24, 2.45) is 0 Å². The van der Waals surface area contributed by atoms with Crippen molar-refractivity contribution in [3.63, 3.8) is 0 Å². The lowest BCUT2D eigenvalue weighted by Gasteiger charge is -2.11. The zero-order chi connectivity index (χ0) is 27.8. The first-order valence-corrected chi connectivity index (χ1v) is 12.6. The molecule has 0 aliphatic rings. The molecule has 0 aliphatic heterocycles. The van der Waals surface area contributed by atoms with Gasteiger partial charge in [-0.1, -0.05) is 12.1 Å². The first kappa shape index (κ1) is 27.3.